The van der Waals surface area contributed by atoms with E-state index in [0.29, 0.717) is 0 Å². The summed E-state index contributed by atoms with van der Waals surface area (Å²) in [7, 11) is 0. The number of hydrogen-bond acceptors (Lipinski definition) is 1. The molecule has 0 N–H and O–H groups in total. The standard InChI is InChI=1S/C31H21N/c1-3-9-22(10-4-1)27-20-30(25-12-5-2-6-13-25)32-31(21-27)26-18-17-24-16-15-23-11-7-8-14-28(23)29(24)19-26/h1-21H. The second kappa shape index (κ2) is 7.79. The van der Waals surface area contributed by atoms with Gasteiger partial charge in [-0.25, -0.2) is 4.98 Å². The molecule has 0 fully saturated rings. The highest BCUT2D eigenvalue weighted by atomic mass is 14.7. The molecule has 5 aromatic carbocycles. The van der Waals surface area contributed by atoms with Crippen molar-refractivity contribution >= 4 is 21.5 Å². The summed E-state index contributed by atoms with van der Waals surface area (Å²) < 4.78 is 0. The predicted octanol–water partition coefficient (Wildman–Crippen LogP) is 8.39. The Morgan fingerprint density at radius 2 is 0.906 bits per heavy atom. The molecule has 0 aliphatic heterocycles. The lowest BCUT2D eigenvalue weighted by Gasteiger charge is -2.12. The average Bonchev–Trinajstić information content (AvgIpc) is 2.89. The van der Waals surface area contributed by atoms with Gasteiger partial charge in [-0.15, -0.1) is 0 Å². The fourth-order valence-electron chi connectivity index (χ4n) is 4.39. The van der Waals surface area contributed by atoms with Crippen molar-refractivity contribution in [3.63, 3.8) is 0 Å². The molecule has 32 heavy (non-hydrogen) atoms. The number of benzene rings is 5. The second-order valence-corrected chi connectivity index (χ2v) is 8.08. The summed E-state index contributed by atoms with van der Waals surface area (Å²) in [4.78, 5) is 5.09. The maximum absolute atomic E-state index is 5.09. The van der Waals surface area contributed by atoms with Crippen LogP contribution in [0.15, 0.2) is 127 Å². The maximum atomic E-state index is 5.09. The van der Waals surface area contributed by atoms with Crippen molar-refractivity contribution in [1.29, 1.82) is 0 Å². The number of hydrogen-bond donors (Lipinski definition) is 0. The van der Waals surface area contributed by atoms with Crippen LogP contribution in [0.4, 0.5) is 0 Å². The highest BCUT2D eigenvalue weighted by Gasteiger charge is 2.10. The van der Waals surface area contributed by atoms with E-state index in [0.717, 1.165) is 22.5 Å². The number of nitrogens with zero attached hydrogens (tertiary/aromatic N) is 1. The third kappa shape index (κ3) is 3.34. The Kier molecular flexibility index (Phi) is 4.51. The molecule has 0 saturated heterocycles. The summed E-state index contributed by atoms with van der Waals surface area (Å²) in [5, 5.41) is 5.03. The molecule has 150 valence electrons. The van der Waals surface area contributed by atoms with E-state index in [1.165, 1.54) is 32.7 Å². The Bertz CT molecular complexity index is 1490. The highest BCUT2D eigenvalue weighted by molar-refractivity contribution is 6.08. The van der Waals surface area contributed by atoms with Gasteiger partial charge in [-0.1, -0.05) is 109 Å². The Balaban J connectivity index is 1.59. The van der Waals surface area contributed by atoms with Gasteiger partial charge in [0, 0.05) is 11.1 Å². The van der Waals surface area contributed by atoms with Gasteiger partial charge in [0.15, 0.2) is 0 Å². The summed E-state index contributed by atoms with van der Waals surface area (Å²) in [5.41, 5.74) is 6.59. The molecule has 0 saturated carbocycles. The first-order valence-corrected chi connectivity index (χ1v) is 10.9. The molecule has 0 amide bonds. The predicted molar refractivity (Wildman–Crippen MR) is 136 cm³/mol. The molecule has 6 rings (SSSR count). The van der Waals surface area contributed by atoms with Crippen LogP contribution >= 0.6 is 0 Å². The Morgan fingerprint density at radius 1 is 0.344 bits per heavy atom. The fourth-order valence-corrected chi connectivity index (χ4v) is 4.39. The van der Waals surface area contributed by atoms with E-state index in [1.807, 2.05) is 6.07 Å². The number of pyridine rings is 1. The molecule has 0 bridgehead atoms. The van der Waals surface area contributed by atoms with Gasteiger partial charge in [-0.3, -0.25) is 0 Å². The molecule has 0 spiro atoms. The first kappa shape index (κ1) is 18.5. The van der Waals surface area contributed by atoms with Gasteiger partial charge in [0.05, 0.1) is 11.4 Å². The van der Waals surface area contributed by atoms with Crippen molar-refractivity contribution in [1.82, 2.24) is 4.98 Å². The van der Waals surface area contributed by atoms with Gasteiger partial charge in [0.1, 0.15) is 0 Å². The summed E-state index contributed by atoms with van der Waals surface area (Å²) in [5.74, 6) is 0. The van der Waals surface area contributed by atoms with Crippen molar-refractivity contribution in [2.24, 2.45) is 0 Å². The van der Waals surface area contributed by atoms with Crippen molar-refractivity contribution in [2.75, 3.05) is 0 Å². The van der Waals surface area contributed by atoms with E-state index in [-0.39, 0.29) is 0 Å². The van der Waals surface area contributed by atoms with Gasteiger partial charge in [0.25, 0.3) is 0 Å². The van der Waals surface area contributed by atoms with Crippen LogP contribution < -0.4 is 0 Å². The van der Waals surface area contributed by atoms with Crippen LogP contribution in [-0.2, 0) is 0 Å². The molecule has 1 heteroatoms. The summed E-state index contributed by atoms with van der Waals surface area (Å²) in [6.45, 7) is 0. The topological polar surface area (TPSA) is 12.9 Å². The van der Waals surface area contributed by atoms with Gasteiger partial charge in [0.2, 0.25) is 0 Å². The van der Waals surface area contributed by atoms with Crippen LogP contribution in [0.5, 0.6) is 0 Å². The quantitative estimate of drug-likeness (QED) is 0.268. The van der Waals surface area contributed by atoms with E-state index >= 15 is 0 Å². The molecule has 0 radical (unpaired) electrons. The molecule has 0 atom stereocenters. The highest BCUT2D eigenvalue weighted by Crippen LogP contribution is 2.33. The summed E-state index contributed by atoms with van der Waals surface area (Å²) in [6.07, 6.45) is 0. The smallest absolute Gasteiger partial charge is 0.0715 e. The lowest BCUT2D eigenvalue weighted by atomic mass is 9.97. The zero-order valence-electron chi connectivity index (χ0n) is 17.6. The lowest BCUT2D eigenvalue weighted by molar-refractivity contribution is 1.32. The molecule has 1 nitrogen and oxygen atoms in total. The first-order chi connectivity index (χ1) is 15.8. The van der Waals surface area contributed by atoms with Gasteiger partial charge in [-0.05, 0) is 50.9 Å². The summed E-state index contributed by atoms with van der Waals surface area (Å²) in [6, 6.07) is 45.0. The fraction of sp³-hybridized carbons (Fsp3) is 0. The van der Waals surface area contributed by atoms with Crippen LogP contribution in [0.25, 0.3) is 55.2 Å². The molecule has 1 heterocycles. The minimum atomic E-state index is 0.986. The lowest BCUT2D eigenvalue weighted by Crippen LogP contribution is -1.91. The largest absolute Gasteiger partial charge is 0.248 e. The van der Waals surface area contributed by atoms with Crippen LogP contribution in [0, 0.1) is 0 Å². The van der Waals surface area contributed by atoms with E-state index in [9.17, 15) is 0 Å². The normalized spacial score (nSPS) is 11.1. The monoisotopic (exact) mass is 407 g/mol. The molecule has 6 aromatic rings. The Labute approximate surface area is 187 Å². The molecular weight excluding hydrogens is 386 g/mol. The van der Waals surface area contributed by atoms with Gasteiger partial charge >= 0.3 is 0 Å². The molecule has 1 aromatic heterocycles. The van der Waals surface area contributed by atoms with Crippen molar-refractivity contribution in [3.05, 3.63) is 127 Å². The molecule has 0 aliphatic carbocycles. The van der Waals surface area contributed by atoms with E-state index < -0.39 is 0 Å². The van der Waals surface area contributed by atoms with E-state index in [1.54, 1.807) is 0 Å². The number of rotatable bonds is 3. The van der Waals surface area contributed by atoms with Crippen molar-refractivity contribution in [2.45, 2.75) is 0 Å². The maximum Gasteiger partial charge on any atom is 0.0715 e. The number of aromatic nitrogens is 1. The Hall–Kier alpha value is -4.23. The van der Waals surface area contributed by atoms with Crippen molar-refractivity contribution in [3.8, 4) is 33.6 Å². The van der Waals surface area contributed by atoms with E-state index in [4.69, 9.17) is 4.98 Å². The molecule has 0 unspecified atom stereocenters. The van der Waals surface area contributed by atoms with E-state index in [2.05, 4.69) is 121 Å². The average molecular weight is 408 g/mol. The van der Waals surface area contributed by atoms with Crippen LogP contribution in [-0.4, -0.2) is 4.98 Å². The first-order valence-electron chi connectivity index (χ1n) is 10.9. The second-order valence-electron chi connectivity index (χ2n) is 8.08. The van der Waals surface area contributed by atoms with Gasteiger partial charge < -0.3 is 0 Å². The SMILES string of the molecule is c1ccc(-c2cc(-c3ccccc3)nc(-c3ccc4ccc5ccccc5c4c3)c2)cc1. The molecule has 0 aliphatic rings. The van der Waals surface area contributed by atoms with Crippen molar-refractivity contribution < 1.29 is 0 Å². The van der Waals surface area contributed by atoms with Gasteiger partial charge in [-0.2, -0.15) is 0 Å². The minimum Gasteiger partial charge on any atom is -0.248 e. The zero-order chi connectivity index (χ0) is 21.3. The van der Waals surface area contributed by atoms with Crippen LogP contribution in [0.2, 0.25) is 0 Å². The third-order valence-corrected chi connectivity index (χ3v) is 6.04. The van der Waals surface area contributed by atoms with Crippen LogP contribution in [0.1, 0.15) is 0 Å². The zero-order valence-corrected chi connectivity index (χ0v) is 17.6. The number of fused-ring (bicyclic) bond motifs is 3. The third-order valence-electron chi connectivity index (χ3n) is 6.04. The minimum absolute atomic E-state index is 0.986. The molecular formula is C31H21N. The van der Waals surface area contributed by atoms with Crippen LogP contribution in [0.3, 0.4) is 0 Å². The summed E-state index contributed by atoms with van der Waals surface area (Å²) >= 11 is 0. The Morgan fingerprint density at radius 3 is 1.66 bits per heavy atom.